The van der Waals surface area contributed by atoms with Gasteiger partial charge in [0.25, 0.3) is 5.56 Å². The number of carbonyl (C=O) groups is 1. The fourth-order valence-electron chi connectivity index (χ4n) is 2.28. The second-order valence-electron chi connectivity index (χ2n) is 6.21. The molecule has 0 radical (unpaired) electrons. The van der Waals surface area contributed by atoms with Crippen LogP contribution in [0, 0.1) is 4.77 Å². The zero-order valence-corrected chi connectivity index (χ0v) is 14.8. The zero-order chi connectivity index (χ0) is 17.9. The summed E-state index contributed by atoms with van der Waals surface area (Å²) in [5.74, 6) is -0.461. The van der Waals surface area contributed by atoms with Gasteiger partial charge in [-0.2, -0.15) is 0 Å². The number of aromatic nitrogens is 2. The highest BCUT2D eigenvalue weighted by molar-refractivity contribution is 7.71. The third-order valence-electron chi connectivity index (χ3n) is 3.36. The molecule has 1 heterocycles. The Morgan fingerprint density at radius 2 is 1.96 bits per heavy atom. The number of carbonyl (C=O) groups excluding carboxylic acids is 1. The lowest BCUT2D eigenvalue weighted by molar-refractivity contribution is -0.152. The van der Waals surface area contributed by atoms with Crippen molar-refractivity contribution in [3.8, 4) is 11.3 Å². The van der Waals surface area contributed by atoms with Gasteiger partial charge in [-0.15, -0.1) is 0 Å². The predicted octanol–water partition coefficient (Wildman–Crippen LogP) is 3.47. The standard InChI is InChI=1S/C18H20N2O3S/c1-12(2)16(22)23-18(3,4)11-20-14(10-15(21)19-17(20)24)13-8-6-5-7-9-13/h5-10H,1,11H2,2-4H3,(H,19,21,24). The van der Waals surface area contributed by atoms with Crippen molar-refractivity contribution in [2.75, 3.05) is 0 Å². The maximum atomic E-state index is 11.8. The summed E-state index contributed by atoms with van der Waals surface area (Å²) in [5, 5.41) is 0. The monoisotopic (exact) mass is 344 g/mol. The Morgan fingerprint density at radius 3 is 2.54 bits per heavy atom. The number of benzene rings is 1. The molecule has 1 N–H and O–H groups in total. The number of ether oxygens (including phenoxy) is 1. The molecule has 5 nitrogen and oxygen atoms in total. The summed E-state index contributed by atoms with van der Waals surface area (Å²) in [7, 11) is 0. The average Bonchev–Trinajstić information content (AvgIpc) is 2.50. The summed E-state index contributed by atoms with van der Waals surface area (Å²) in [6.07, 6.45) is 0. The fraction of sp³-hybridized carbons (Fsp3) is 0.278. The lowest BCUT2D eigenvalue weighted by Gasteiger charge is -2.27. The molecular weight excluding hydrogens is 324 g/mol. The van der Waals surface area contributed by atoms with Gasteiger partial charge in [-0.05, 0) is 38.6 Å². The van der Waals surface area contributed by atoms with E-state index in [-0.39, 0.29) is 10.3 Å². The molecule has 0 saturated carbocycles. The van der Waals surface area contributed by atoms with Crippen molar-refractivity contribution in [2.45, 2.75) is 32.9 Å². The van der Waals surface area contributed by atoms with Gasteiger partial charge in [0.1, 0.15) is 5.60 Å². The summed E-state index contributed by atoms with van der Waals surface area (Å²) in [6, 6.07) is 10.9. The van der Waals surface area contributed by atoms with Crippen LogP contribution < -0.4 is 5.56 Å². The lowest BCUT2D eigenvalue weighted by Crippen LogP contribution is -2.35. The van der Waals surface area contributed by atoms with Crippen LogP contribution in [0.2, 0.25) is 0 Å². The molecule has 1 aromatic heterocycles. The topological polar surface area (TPSA) is 64.1 Å². The van der Waals surface area contributed by atoms with Crippen LogP contribution in [0.25, 0.3) is 11.3 Å². The van der Waals surface area contributed by atoms with E-state index < -0.39 is 11.6 Å². The zero-order valence-electron chi connectivity index (χ0n) is 14.0. The molecule has 0 amide bonds. The van der Waals surface area contributed by atoms with E-state index in [9.17, 15) is 9.59 Å². The SMILES string of the molecule is C=C(C)C(=O)OC(C)(C)Cn1c(-c2ccccc2)cc(=O)[nH]c1=S. The van der Waals surface area contributed by atoms with E-state index in [1.807, 2.05) is 30.3 Å². The molecular formula is C18H20N2O3S. The quantitative estimate of drug-likeness (QED) is 0.512. The highest BCUT2D eigenvalue weighted by atomic mass is 32.1. The largest absolute Gasteiger partial charge is 0.454 e. The van der Waals surface area contributed by atoms with Crippen molar-refractivity contribution in [1.82, 2.24) is 9.55 Å². The van der Waals surface area contributed by atoms with Crippen LogP contribution in [0.3, 0.4) is 0 Å². The Hall–Kier alpha value is -2.47. The van der Waals surface area contributed by atoms with Gasteiger partial charge in [0, 0.05) is 11.6 Å². The summed E-state index contributed by atoms with van der Waals surface area (Å²) in [5.41, 5.74) is 0.763. The summed E-state index contributed by atoms with van der Waals surface area (Å²) in [4.78, 5) is 26.3. The minimum Gasteiger partial charge on any atom is -0.454 e. The molecule has 0 unspecified atom stereocenters. The first-order valence-electron chi connectivity index (χ1n) is 7.48. The number of esters is 1. The second-order valence-corrected chi connectivity index (χ2v) is 6.59. The molecule has 0 bridgehead atoms. The first-order chi connectivity index (χ1) is 11.2. The lowest BCUT2D eigenvalue weighted by atomic mass is 10.1. The highest BCUT2D eigenvalue weighted by Crippen LogP contribution is 2.22. The van der Waals surface area contributed by atoms with Crippen LogP contribution in [0.15, 0.2) is 53.3 Å². The van der Waals surface area contributed by atoms with Crippen LogP contribution in [0.5, 0.6) is 0 Å². The Morgan fingerprint density at radius 1 is 1.33 bits per heavy atom. The van der Waals surface area contributed by atoms with E-state index in [2.05, 4.69) is 11.6 Å². The smallest absolute Gasteiger partial charge is 0.333 e. The molecule has 0 aliphatic carbocycles. The van der Waals surface area contributed by atoms with Crippen molar-refractivity contribution in [3.05, 3.63) is 63.7 Å². The maximum Gasteiger partial charge on any atom is 0.333 e. The van der Waals surface area contributed by atoms with Crippen LogP contribution >= 0.6 is 12.2 Å². The summed E-state index contributed by atoms with van der Waals surface area (Å²) in [6.45, 7) is 9.06. The minimum atomic E-state index is -0.823. The molecule has 1 aromatic carbocycles. The van der Waals surface area contributed by atoms with Gasteiger partial charge in [-0.3, -0.25) is 9.78 Å². The number of nitrogens with one attached hydrogen (secondary N) is 1. The Kier molecular flexibility index (Phi) is 5.19. The Balaban J connectivity index is 2.47. The molecule has 24 heavy (non-hydrogen) atoms. The normalized spacial score (nSPS) is 11.1. The van der Waals surface area contributed by atoms with Gasteiger partial charge in [-0.1, -0.05) is 36.9 Å². The molecule has 0 spiro atoms. The number of rotatable bonds is 5. The van der Waals surface area contributed by atoms with E-state index >= 15 is 0 Å². The van der Waals surface area contributed by atoms with E-state index in [4.69, 9.17) is 17.0 Å². The summed E-state index contributed by atoms with van der Waals surface area (Å²) >= 11 is 5.31. The Bertz CT molecular complexity index is 879. The molecule has 0 aliphatic rings. The summed E-state index contributed by atoms with van der Waals surface area (Å²) < 4.78 is 7.52. The van der Waals surface area contributed by atoms with Gasteiger partial charge in [0.05, 0.1) is 12.2 Å². The molecule has 0 fully saturated rings. The minimum absolute atomic E-state index is 0.271. The molecule has 2 aromatic rings. The first kappa shape index (κ1) is 17.9. The van der Waals surface area contributed by atoms with Crippen molar-refractivity contribution in [1.29, 1.82) is 0 Å². The second kappa shape index (κ2) is 6.97. The fourth-order valence-corrected chi connectivity index (χ4v) is 2.54. The number of aromatic amines is 1. The van der Waals surface area contributed by atoms with Crippen LogP contribution in [-0.4, -0.2) is 21.1 Å². The highest BCUT2D eigenvalue weighted by Gasteiger charge is 2.25. The molecule has 0 saturated heterocycles. The van der Waals surface area contributed by atoms with Crippen molar-refractivity contribution >= 4 is 18.2 Å². The number of H-pyrrole nitrogens is 1. The third-order valence-corrected chi connectivity index (χ3v) is 3.68. The maximum absolute atomic E-state index is 11.8. The molecule has 2 rings (SSSR count). The van der Waals surface area contributed by atoms with Crippen LogP contribution in [0.4, 0.5) is 0 Å². The number of hydrogen-bond acceptors (Lipinski definition) is 4. The van der Waals surface area contributed by atoms with E-state index in [0.717, 1.165) is 5.56 Å². The van der Waals surface area contributed by atoms with E-state index in [1.54, 1.807) is 25.3 Å². The van der Waals surface area contributed by atoms with Gasteiger partial charge in [-0.25, -0.2) is 4.79 Å². The van der Waals surface area contributed by atoms with Gasteiger partial charge >= 0.3 is 5.97 Å². The predicted molar refractivity (Wildman–Crippen MR) is 96.3 cm³/mol. The van der Waals surface area contributed by atoms with Gasteiger partial charge < -0.3 is 9.30 Å². The van der Waals surface area contributed by atoms with E-state index in [1.165, 1.54) is 6.07 Å². The van der Waals surface area contributed by atoms with Gasteiger partial charge in [0.2, 0.25) is 0 Å². The Labute approximate surface area is 145 Å². The third kappa shape index (κ3) is 4.29. The molecule has 126 valence electrons. The molecule has 6 heteroatoms. The van der Waals surface area contributed by atoms with Crippen LogP contribution in [-0.2, 0) is 16.1 Å². The number of nitrogens with zero attached hydrogens (tertiary/aromatic N) is 1. The van der Waals surface area contributed by atoms with Gasteiger partial charge in [0.15, 0.2) is 4.77 Å². The molecule has 0 atom stereocenters. The first-order valence-corrected chi connectivity index (χ1v) is 7.89. The van der Waals surface area contributed by atoms with E-state index in [0.29, 0.717) is 17.8 Å². The number of hydrogen-bond donors (Lipinski definition) is 1. The molecule has 0 aliphatic heterocycles. The van der Waals surface area contributed by atoms with Crippen LogP contribution in [0.1, 0.15) is 20.8 Å². The van der Waals surface area contributed by atoms with Crippen molar-refractivity contribution in [2.24, 2.45) is 0 Å². The average molecular weight is 344 g/mol. The van der Waals surface area contributed by atoms with Crippen molar-refractivity contribution in [3.63, 3.8) is 0 Å². The van der Waals surface area contributed by atoms with Crippen molar-refractivity contribution < 1.29 is 9.53 Å².